The van der Waals surface area contributed by atoms with Crippen LogP contribution in [0.15, 0.2) is 23.1 Å². The molecule has 0 radical (unpaired) electrons. The highest BCUT2D eigenvalue weighted by atomic mass is 35.5. The summed E-state index contributed by atoms with van der Waals surface area (Å²) in [5.41, 5.74) is -0.320. The molecule has 0 bridgehead atoms. The summed E-state index contributed by atoms with van der Waals surface area (Å²) in [7, 11) is -2.12. The van der Waals surface area contributed by atoms with E-state index in [0.717, 1.165) is 6.07 Å². The average Bonchev–Trinajstić information content (AvgIpc) is 2.38. The van der Waals surface area contributed by atoms with Crippen LogP contribution in [0.25, 0.3) is 0 Å². The number of nitrogens with zero attached hydrogens (tertiary/aromatic N) is 1. The van der Waals surface area contributed by atoms with Gasteiger partial charge in [-0.25, -0.2) is 12.8 Å². The van der Waals surface area contributed by atoms with Crippen LogP contribution < -0.4 is 0 Å². The van der Waals surface area contributed by atoms with E-state index >= 15 is 0 Å². The van der Waals surface area contributed by atoms with E-state index in [4.69, 9.17) is 11.6 Å². The molecule has 1 aromatic carbocycles. The first kappa shape index (κ1) is 16.4. The minimum absolute atomic E-state index is 0.0594. The quantitative estimate of drug-likeness (QED) is 0.782. The summed E-state index contributed by atoms with van der Waals surface area (Å²) in [6, 6.07) is 3.69. The number of rotatable bonds is 5. The lowest BCUT2D eigenvalue weighted by Gasteiger charge is -2.33. The molecule has 6 heteroatoms. The minimum Gasteiger partial charge on any atom is -0.207 e. The largest absolute Gasteiger partial charge is 0.243 e. The van der Waals surface area contributed by atoms with Crippen LogP contribution in [-0.2, 0) is 15.9 Å². The van der Waals surface area contributed by atoms with Gasteiger partial charge in [0.1, 0.15) is 5.82 Å². The lowest BCUT2D eigenvalue weighted by Crippen LogP contribution is -2.44. The normalized spacial score (nSPS) is 13.0. The molecule has 3 nitrogen and oxygen atoms in total. The second-order valence-corrected chi connectivity index (χ2v) is 7.26. The van der Waals surface area contributed by atoms with Crippen LogP contribution in [0.4, 0.5) is 4.39 Å². The Bertz CT molecular complexity index is 558. The standard InChI is InChI=1S/C13H19ClFNO2S/c1-5-13(2,3)16(4)19(17,18)11-6-7-12(15)10(8-11)9-14/h6-8H,5,9H2,1-4H3. The Morgan fingerprint density at radius 3 is 2.42 bits per heavy atom. The Labute approximate surface area is 119 Å². The zero-order valence-corrected chi connectivity index (χ0v) is 13.1. The summed E-state index contributed by atoms with van der Waals surface area (Å²) in [5, 5.41) is 0. The molecular weight excluding hydrogens is 289 g/mol. The molecule has 0 aliphatic rings. The van der Waals surface area contributed by atoms with E-state index in [1.807, 2.05) is 20.8 Å². The van der Waals surface area contributed by atoms with Crippen molar-refractivity contribution in [2.24, 2.45) is 0 Å². The third kappa shape index (κ3) is 3.27. The summed E-state index contributed by atoms with van der Waals surface area (Å²) in [4.78, 5) is 0.0635. The van der Waals surface area contributed by atoms with Crippen molar-refractivity contribution in [2.45, 2.75) is 43.5 Å². The third-order valence-corrected chi connectivity index (χ3v) is 5.89. The van der Waals surface area contributed by atoms with Gasteiger partial charge < -0.3 is 0 Å². The number of halogens is 2. The highest BCUT2D eigenvalue weighted by Crippen LogP contribution is 2.26. The monoisotopic (exact) mass is 307 g/mol. The van der Waals surface area contributed by atoms with Crippen molar-refractivity contribution >= 4 is 21.6 Å². The molecule has 19 heavy (non-hydrogen) atoms. The molecular formula is C13H19ClFNO2S. The molecule has 0 spiro atoms. The number of hydrogen-bond acceptors (Lipinski definition) is 2. The van der Waals surface area contributed by atoms with E-state index in [1.165, 1.54) is 23.5 Å². The van der Waals surface area contributed by atoms with Crippen molar-refractivity contribution in [3.63, 3.8) is 0 Å². The molecule has 0 aliphatic carbocycles. The van der Waals surface area contributed by atoms with Crippen molar-refractivity contribution in [1.82, 2.24) is 4.31 Å². The summed E-state index contributed by atoms with van der Waals surface area (Å²) in [6.45, 7) is 5.61. The van der Waals surface area contributed by atoms with E-state index in [2.05, 4.69) is 0 Å². The summed E-state index contributed by atoms with van der Waals surface area (Å²) >= 11 is 5.60. The Hall–Kier alpha value is -0.650. The number of hydrogen-bond donors (Lipinski definition) is 0. The lowest BCUT2D eigenvalue weighted by atomic mass is 10.0. The van der Waals surface area contributed by atoms with Crippen LogP contribution in [0, 0.1) is 5.82 Å². The smallest absolute Gasteiger partial charge is 0.207 e. The van der Waals surface area contributed by atoms with Crippen molar-refractivity contribution in [3.05, 3.63) is 29.6 Å². The van der Waals surface area contributed by atoms with Crippen LogP contribution in [0.1, 0.15) is 32.8 Å². The van der Waals surface area contributed by atoms with Gasteiger partial charge in [-0.2, -0.15) is 4.31 Å². The summed E-state index contributed by atoms with van der Waals surface area (Å²) < 4.78 is 39.6. The first-order valence-corrected chi connectivity index (χ1v) is 7.97. The van der Waals surface area contributed by atoms with Crippen LogP contribution in [-0.4, -0.2) is 25.3 Å². The fourth-order valence-electron chi connectivity index (χ4n) is 1.52. The second kappa shape index (κ2) is 5.77. The molecule has 0 amide bonds. The summed E-state index contributed by atoms with van der Waals surface area (Å²) in [6.07, 6.45) is 0.673. The molecule has 0 aromatic heterocycles. The Morgan fingerprint density at radius 2 is 1.95 bits per heavy atom. The molecule has 0 atom stereocenters. The first-order valence-electron chi connectivity index (χ1n) is 6.00. The molecule has 0 saturated heterocycles. The van der Waals surface area contributed by atoms with Gasteiger partial charge >= 0.3 is 0 Å². The molecule has 108 valence electrons. The highest BCUT2D eigenvalue weighted by Gasteiger charge is 2.32. The van der Waals surface area contributed by atoms with Crippen LogP contribution in [0.3, 0.4) is 0 Å². The van der Waals surface area contributed by atoms with E-state index in [9.17, 15) is 12.8 Å². The molecule has 0 fully saturated rings. The van der Waals surface area contributed by atoms with Crippen molar-refractivity contribution in [3.8, 4) is 0 Å². The van der Waals surface area contributed by atoms with Gasteiger partial charge in [0.25, 0.3) is 0 Å². The SMILES string of the molecule is CCC(C)(C)N(C)S(=O)(=O)c1ccc(F)c(CCl)c1. The topological polar surface area (TPSA) is 37.4 Å². The number of alkyl halides is 1. The van der Waals surface area contributed by atoms with Crippen LogP contribution in [0.2, 0.25) is 0 Å². The van der Waals surface area contributed by atoms with E-state index in [-0.39, 0.29) is 16.3 Å². The van der Waals surface area contributed by atoms with Crippen molar-refractivity contribution in [2.75, 3.05) is 7.05 Å². The maximum Gasteiger partial charge on any atom is 0.243 e. The van der Waals surface area contributed by atoms with E-state index < -0.39 is 21.4 Å². The zero-order valence-electron chi connectivity index (χ0n) is 11.6. The predicted molar refractivity (Wildman–Crippen MR) is 75.3 cm³/mol. The first-order chi connectivity index (χ1) is 8.66. The van der Waals surface area contributed by atoms with Gasteiger partial charge in [0, 0.05) is 18.2 Å². The number of sulfonamides is 1. The number of benzene rings is 1. The highest BCUT2D eigenvalue weighted by molar-refractivity contribution is 7.89. The second-order valence-electron chi connectivity index (χ2n) is 5.03. The molecule has 1 rings (SSSR count). The van der Waals surface area contributed by atoms with Crippen molar-refractivity contribution < 1.29 is 12.8 Å². The van der Waals surface area contributed by atoms with Gasteiger partial charge in [0.05, 0.1) is 10.8 Å². The fourth-order valence-corrected chi connectivity index (χ4v) is 3.35. The fraction of sp³-hybridized carbons (Fsp3) is 0.538. The maximum absolute atomic E-state index is 13.4. The van der Waals surface area contributed by atoms with Crippen LogP contribution >= 0.6 is 11.6 Å². The molecule has 0 aliphatic heterocycles. The lowest BCUT2D eigenvalue weighted by molar-refractivity contribution is 0.257. The molecule has 0 heterocycles. The van der Waals surface area contributed by atoms with Gasteiger partial charge in [-0.3, -0.25) is 0 Å². The summed E-state index contributed by atoms with van der Waals surface area (Å²) in [5.74, 6) is -0.554. The third-order valence-electron chi connectivity index (χ3n) is 3.54. The molecule has 0 unspecified atom stereocenters. The van der Waals surface area contributed by atoms with Gasteiger partial charge in [-0.15, -0.1) is 11.6 Å². The van der Waals surface area contributed by atoms with E-state index in [0.29, 0.717) is 6.42 Å². The zero-order chi connectivity index (χ0) is 14.8. The predicted octanol–water partition coefficient (Wildman–Crippen LogP) is 3.37. The Kier molecular flexibility index (Phi) is 4.98. The van der Waals surface area contributed by atoms with Gasteiger partial charge in [-0.1, -0.05) is 6.92 Å². The van der Waals surface area contributed by atoms with Crippen LogP contribution in [0.5, 0.6) is 0 Å². The Morgan fingerprint density at radius 1 is 1.37 bits per heavy atom. The van der Waals surface area contributed by atoms with E-state index in [1.54, 1.807) is 0 Å². The van der Waals surface area contributed by atoms with Gasteiger partial charge in [-0.05, 0) is 38.5 Å². The van der Waals surface area contributed by atoms with Gasteiger partial charge in [0.2, 0.25) is 10.0 Å². The van der Waals surface area contributed by atoms with Gasteiger partial charge in [0.15, 0.2) is 0 Å². The molecule has 0 N–H and O–H groups in total. The molecule has 0 saturated carbocycles. The average molecular weight is 308 g/mol. The van der Waals surface area contributed by atoms with Crippen molar-refractivity contribution in [1.29, 1.82) is 0 Å². The Balaban J connectivity index is 3.28. The molecule has 1 aromatic rings. The maximum atomic E-state index is 13.4. The minimum atomic E-state index is -3.65.